The van der Waals surface area contributed by atoms with Gasteiger partial charge in [-0.1, -0.05) is 46.4 Å². The third-order valence-corrected chi connectivity index (χ3v) is 2.39. The number of piperidine rings is 1. The Morgan fingerprint density at radius 2 is 1.81 bits per heavy atom. The van der Waals surface area contributed by atoms with Gasteiger partial charge in [0.05, 0.1) is 0 Å². The molecule has 0 aromatic rings. The van der Waals surface area contributed by atoms with Gasteiger partial charge in [-0.2, -0.15) is 0 Å². The zero-order valence-electron chi connectivity index (χ0n) is 12.0. The van der Waals surface area contributed by atoms with Gasteiger partial charge in [0.2, 0.25) is 0 Å². The van der Waals surface area contributed by atoms with Crippen LogP contribution < -0.4 is 5.32 Å². The molecule has 0 amide bonds. The third kappa shape index (κ3) is 5.92. The van der Waals surface area contributed by atoms with Crippen molar-refractivity contribution in [2.75, 3.05) is 13.1 Å². The fraction of sp³-hybridized carbons (Fsp3) is 0.600. The average molecular weight is 223 g/mol. The van der Waals surface area contributed by atoms with E-state index in [4.69, 9.17) is 0 Å². The molecule has 0 aliphatic carbocycles. The fourth-order valence-electron chi connectivity index (χ4n) is 1.55. The summed E-state index contributed by atoms with van der Waals surface area (Å²) in [5.41, 5.74) is 4.23. The van der Waals surface area contributed by atoms with Crippen molar-refractivity contribution in [1.82, 2.24) is 5.32 Å². The second kappa shape index (κ2) is 12.3. The normalized spacial score (nSPS) is 20.0. The number of nitrogens with one attached hydrogen (secondary N) is 1. The van der Waals surface area contributed by atoms with Gasteiger partial charge in [-0.25, -0.2) is 0 Å². The number of hydrogen-bond acceptors (Lipinski definition) is 1. The third-order valence-electron chi connectivity index (χ3n) is 2.39. The monoisotopic (exact) mass is 223 g/mol. The Balaban J connectivity index is 0. The first-order valence-electron chi connectivity index (χ1n) is 6.48. The molecule has 16 heavy (non-hydrogen) atoms. The molecule has 1 aliphatic rings. The zero-order valence-corrected chi connectivity index (χ0v) is 12.0. The minimum Gasteiger partial charge on any atom is -0.312 e. The molecular formula is C15H29N. The summed E-state index contributed by atoms with van der Waals surface area (Å²) < 4.78 is 0. The molecule has 0 unspecified atom stereocenters. The molecule has 1 fully saturated rings. The molecule has 0 saturated carbocycles. The highest BCUT2D eigenvalue weighted by Gasteiger charge is 2.10. The van der Waals surface area contributed by atoms with Crippen molar-refractivity contribution in [3.05, 3.63) is 35.5 Å². The van der Waals surface area contributed by atoms with Gasteiger partial charge >= 0.3 is 0 Å². The van der Waals surface area contributed by atoms with E-state index >= 15 is 0 Å². The lowest BCUT2D eigenvalue weighted by Gasteiger charge is -2.20. The van der Waals surface area contributed by atoms with Crippen LogP contribution in [0.25, 0.3) is 0 Å². The Morgan fingerprint density at radius 3 is 2.25 bits per heavy atom. The van der Waals surface area contributed by atoms with Crippen LogP contribution in [-0.2, 0) is 0 Å². The van der Waals surface area contributed by atoms with Gasteiger partial charge in [-0.15, -0.1) is 0 Å². The van der Waals surface area contributed by atoms with Crippen molar-refractivity contribution in [2.45, 2.75) is 48.0 Å². The summed E-state index contributed by atoms with van der Waals surface area (Å²) in [4.78, 5) is 0. The predicted octanol–water partition coefficient (Wildman–Crippen LogP) is 4.48. The first-order chi connectivity index (χ1) is 7.79. The largest absolute Gasteiger partial charge is 0.312 e. The second-order valence-corrected chi connectivity index (χ2v) is 3.11. The van der Waals surface area contributed by atoms with Crippen LogP contribution in [0.4, 0.5) is 0 Å². The number of hydrogen-bond donors (Lipinski definition) is 1. The maximum atomic E-state index is 3.80. The van der Waals surface area contributed by atoms with Crippen LogP contribution in [0.5, 0.6) is 0 Å². The first kappa shape index (κ1) is 17.6. The lowest BCUT2D eigenvalue weighted by molar-refractivity contribution is 0.678. The molecule has 0 radical (unpaired) electrons. The minimum atomic E-state index is 1.01. The average Bonchev–Trinajstić information content (AvgIpc) is 2.42. The van der Waals surface area contributed by atoms with Crippen LogP contribution >= 0.6 is 0 Å². The van der Waals surface area contributed by atoms with Gasteiger partial charge in [-0.05, 0) is 43.5 Å². The van der Waals surface area contributed by atoms with E-state index in [1.165, 1.54) is 16.7 Å². The Kier molecular flexibility index (Phi) is 13.5. The van der Waals surface area contributed by atoms with Crippen LogP contribution in [0.15, 0.2) is 35.5 Å². The van der Waals surface area contributed by atoms with Gasteiger partial charge in [0.25, 0.3) is 0 Å². The molecule has 1 aliphatic heterocycles. The van der Waals surface area contributed by atoms with Crippen LogP contribution in [0.2, 0.25) is 0 Å². The molecular weight excluding hydrogens is 194 g/mol. The van der Waals surface area contributed by atoms with E-state index in [1.807, 2.05) is 33.8 Å². The topological polar surface area (TPSA) is 12.0 Å². The van der Waals surface area contributed by atoms with Crippen LogP contribution in [0.1, 0.15) is 48.0 Å². The van der Waals surface area contributed by atoms with E-state index in [1.54, 1.807) is 0 Å². The molecule has 1 saturated heterocycles. The molecule has 1 heterocycles. The Bertz CT molecular complexity index is 234. The van der Waals surface area contributed by atoms with Crippen LogP contribution in [-0.4, -0.2) is 13.1 Å². The molecule has 0 aromatic heterocycles. The summed E-state index contributed by atoms with van der Waals surface area (Å²) in [5.74, 6) is 0. The summed E-state index contributed by atoms with van der Waals surface area (Å²) >= 11 is 0. The Morgan fingerprint density at radius 1 is 1.25 bits per heavy atom. The zero-order chi connectivity index (χ0) is 13.0. The van der Waals surface area contributed by atoms with Gasteiger partial charge in [0.15, 0.2) is 0 Å². The van der Waals surface area contributed by atoms with Crippen LogP contribution in [0, 0.1) is 0 Å². The molecule has 0 spiro atoms. The molecule has 1 rings (SSSR count). The molecule has 0 bridgehead atoms. The van der Waals surface area contributed by atoms with Gasteiger partial charge in [-0.3, -0.25) is 0 Å². The van der Waals surface area contributed by atoms with E-state index < -0.39 is 0 Å². The van der Waals surface area contributed by atoms with Crippen molar-refractivity contribution in [3.63, 3.8) is 0 Å². The van der Waals surface area contributed by atoms with E-state index in [2.05, 4.69) is 31.8 Å². The SMILES string of the molecule is C=C/C(C)=C1/CCNC/C1=C/C.CC.CC. The van der Waals surface area contributed by atoms with Crippen molar-refractivity contribution in [3.8, 4) is 0 Å². The highest BCUT2D eigenvalue weighted by atomic mass is 14.9. The van der Waals surface area contributed by atoms with E-state index in [9.17, 15) is 0 Å². The standard InChI is InChI=1S/C11H17N.2C2H6/c1-4-9(3)11-6-7-12-8-10(11)5-2;2*1-2/h4-5,12H,1,6-8H2,2-3H3;2*1-2H3/b10-5-,11-9-;;. The highest BCUT2D eigenvalue weighted by Crippen LogP contribution is 2.21. The maximum Gasteiger partial charge on any atom is 0.0205 e. The van der Waals surface area contributed by atoms with Gasteiger partial charge in [0, 0.05) is 6.54 Å². The van der Waals surface area contributed by atoms with E-state index in [0.29, 0.717) is 0 Å². The predicted molar refractivity (Wildman–Crippen MR) is 76.8 cm³/mol. The Labute approximate surface area is 102 Å². The summed E-state index contributed by atoms with van der Waals surface area (Å²) in [5, 5.41) is 3.36. The first-order valence-corrected chi connectivity index (χ1v) is 6.48. The van der Waals surface area contributed by atoms with E-state index in [0.717, 1.165) is 19.5 Å². The smallest absolute Gasteiger partial charge is 0.0205 e. The summed E-state index contributed by atoms with van der Waals surface area (Å²) in [6.45, 7) is 18.1. The van der Waals surface area contributed by atoms with Crippen molar-refractivity contribution < 1.29 is 0 Å². The van der Waals surface area contributed by atoms with E-state index in [-0.39, 0.29) is 0 Å². The summed E-state index contributed by atoms with van der Waals surface area (Å²) in [6, 6.07) is 0. The molecule has 94 valence electrons. The fourth-order valence-corrected chi connectivity index (χ4v) is 1.55. The molecule has 1 heteroatoms. The number of rotatable bonds is 1. The Hall–Kier alpha value is -0.820. The lowest BCUT2D eigenvalue weighted by Crippen LogP contribution is -2.26. The molecule has 0 aromatic carbocycles. The maximum absolute atomic E-state index is 3.80. The summed E-state index contributed by atoms with van der Waals surface area (Å²) in [6.07, 6.45) is 5.27. The van der Waals surface area contributed by atoms with Gasteiger partial charge < -0.3 is 5.32 Å². The second-order valence-electron chi connectivity index (χ2n) is 3.11. The minimum absolute atomic E-state index is 1.01. The lowest BCUT2D eigenvalue weighted by atomic mass is 9.94. The summed E-state index contributed by atoms with van der Waals surface area (Å²) in [7, 11) is 0. The quantitative estimate of drug-likeness (QED) is 0.691. The van der Waals surface area contributed by atoms with Crippen molar-refractivity contribution >= 4 is 0 Å². The van der Waals surface area contributed by atoms with Crippen LogP contribution in [0.3, 0.4) is 0 Å². The number of allylic oxidation sites excluding steroid dienone is 3. The molecule has 0 atom stereocenters. The van der Waals surface area contributed by atoms with Crippen molar-refractivity contribution in [2.24, 2.45) is 0 Å². The van der Waals surface area contributed by atoms with Gasteiger partial charge in [0.1, 0.15) is 0 Å². The molecule has 1 N–H and O–H groups in total. The molecule has 1 nitrogen and oxygen atoms in total. The highest BCUT2D eigenvalue weighted by molar-refractivity contribution is 5.40. The van der Waals surface area contributed by atoms with Crippen molar-refractivity contribution in [1.29, 1.82) is 0 Å².